The Morgan fingerprint density at radius 2 is 2.30 bits per heavy atom. The topological polar surface area (TPSA) is 59.5 Å². The maximum atomic E-state index is 12.1. The Labute approximate surface area is 122 Å². The molecule has 1 fully saturated rings. The minimum Gasteiger partial charge on any atom is -0.462 e. The van der Waals surface area contributed by atoms with Crippen molar-refractivity contribution in [3.63, 3.8) is 0 Å². The number of rotatable bonds is 5. The highest BCUT2D eigenvalue weighted by Crippen LogP contribution is 2.27. The highest BCUT2D eigenvalue weighted by atomic mass is 32.1. The molecule has 1 aromatic rings. The maximum absolute atomic E-state index is 12.1. The van der Waals surface area contributed by atoms with Crippen molar-refractivity contribution >= 4 is 28.3 Å². The van der Waals surface area contributed by atoms with Crippen molar-refractivity contribution in [3.8, 4) is 0 Å². The van der Waals surface area contributed by atoms with Crippen molar-refractivity contribution in [1.29, 1.82) is 0 Å². The summed E-state index contributed by atoms with van der Waals surface area (Å²) in [5, 5.41) is 2.47. The number of nitrogens with zero attached hydrogens (tertiary/aromatic N) is 2. The van der Waals surface area contributed by atoms with Gasteiger partial charge >= 0.3 is 5.97 Å². The highest BCUT2D eigenvalue weighted by molar-refractivity contribution is 7.13. The number of amides is 1. The molecule has 0 spiro atoms. The normalized spacial score (nSPS) is 20.5. The largest absolute Gasteiger partial charge is 0.462 e. The number of ether oxygens (including phenoxy) is 1. The predicted molar refractivity (Wildman–Crippen MR) is 77.6 cm³/mol. The Kier molecular flexibility index (Phi) is 4.75. The molecule has 1 aromatic heterocycles. The van der Waals surface area contributed by atoms with Gasteiger partial charge in [-0.3, -0.25) is 14.5 Å². The Bertz CT molecular complexity index is 473. The minimum atomic E-state index is -0.374. The summed E-state index contributed by atoms with van der Waals surface area (Å²) < 4.78 is 5.42. The Hall–Kier alpha value is -1.43. The van der Waals surface area contributed by atoms with Crippen LogP contribution >= 0.6 is 11.3 Å². The van der Waals surface area contributed by atoms with Crippen molar-refractivity contribution in [2.75, 3.05) is 11.4 Å². The van der Waals surface area contributed by atoms with Gasteiger partial charge in [0.25, 0.3) is 0 Å². The molecule has 0 N–H and O–H groups in total. The molecular formula is C14H20N2O3S. The van der Waals surface area contributed by atoms with E-state index in [1.165, 1.54) is 11.3 Å². The molecule has 1 aliphatic rings. The Balaban J connectivity index is 1.91. The minimum absolute atomic E-state index is 0.0570. The SMILES string of the molecule is CC(C)CC(C)OC(=O)C1CC(=O)N(c2nccs2)C1. The monoisotopic (exact) mass is 296 g/mol. The zero-order valence-electron chi connectivity index (χ0n) is 12.0. The van der Waals surface area contributed by atoms with Crippen LogP contribution in [0.1, 0.15) is 33.6 Å². The molecule has 2 heterocycles. The lowest BCUT2D eigenvalue weighted by Gasteiger charge is -2.17. The molecule has 5 nitrogen and oxygen atoms in total. The molecule has 0 saturated carbocycles. The van der Waals surface area contributed by atoms with E-state index in [1.54, 1.807) is 11.1 Å². The zero-order valence-corrected chi connectivity index (χ0v) is 12.9. The number of aromatic nitrogens is 1. The van der Waals surface area contributed by atoms with Gasteiger partial charge < -0.3 is 4.74 Å². The first kappa shape index (κ1) is 15.0. The predicted octanol–water partition coefficient (Wildman–Crippen LogP) is 2.47. The molecule has 2 atom stereocenters. The first-order valence-corrected chi connectivity index (χ1v) is 7.75. The molecule has 6 heteroatoms. The smallest absolute Gasteiger partial charge is 0.311 e. The molecule has 20 heavy (non-hydrogen) atoms. The Morgan fingerprint density at radius 3 is 2.90 bits per heavy atom. The molecule has 1 saturated heterocycles. The number of hydrogen-bond donors (Lipinski definition) is 0. The molecule has 0 bridgehead atoms. The quantitative estimate of drug-likeness (QED) is 0.783. The summed E-state index contributed by atoms with van der Waals surface area (Å²) in [5.41, 5.74) is 0. The standard InChI is InChI=1S/C14H20N2O3S/c1-9(2)6-10(3)19-13(18)11-7-12(17)16(8-11)14-15-4-5-20-14/h4-5,9-11H,6-8H2,1-3H3. The van der Waals surface area contributed by atoms with Gasteiger partial charge in [-0.1, -0.05) is 13.8 Å². The van der Waals surface area contributed by atoms with Gasteiger partial charge in [0.1, 0.15) is 0 Å². The van der Waals surface area contributed by atoms with Gasteiger partial charge in [-0.05, 0) is 19.3 Å². The van der Waals surface area contributed by atoms with Gasteiger partial charge in [-0.15, -0.1) is 11.3 Å². The van der Waals surface area contributed by atoms with Crippen LogP contribution in [0.25, 0.3) is 0 Å². The van der Waals surface area contributed by atoms with Crippen molar-refractivity contribution in [3.05, 3.63) is 11.6 Å². The van der Waals surface area contributed by atoms with Crippen LogP contribution in [0.4, 0.5) is 5.13 Å². The van der Waals surface area contributed by atoms with E-state index in [0.29, 0.717) is 17.6 Å². The molecule has 110 valence electrons. The number of carbonyl (C=O) groups is 2. The molecular weight excluding hydrogens is 276 g/mol. The molecule has 0 aliphatic carbocycles. The van der Waals surface area contributed by atoms with Crippen LogP contribution in [-0.4, -0.2) is 29.5 Å². The number of esters is 1. The zero-order chi connectivity index (χ0) is 14.7. The number of anilines is 1. The van der Waals surface area contributed by atoms with Gasteiger partial charge in [0.05, 0.1) is 12.0 Å². The second-order valence-electron chi connectivity index (χ2n) is 5.60. The van der Waals surface area contributed by atoms with Crippen molar-refractivity contribution in [1.82, 2.24) is 4.98 Å². The van der Waals surface area contributed by atoms with Crippen LogP contribution in [0.5, 0.6) is 0 Å². The third-order valence-electron chi connectivity index (χ3n) is 3.23. The van der Waals surface area contributed by atoms with Gasteiger partial charge in [0.2, 0.25) is 5.91 Å². The number of hydrogen-bond acceptors (Lipinski definition) is 5. The first-order valence-electron chi connectivity index (χ1n) is 6.87. The number of thiazole rings is 1. The summed E-state index contributed by atoms with van der Waals surface area (Å²) in [5.74, 6) is -0.222. The molecule has 2 unspecified atom stereocenters. The van der Waals surface area contributed by atoms with E-state index < -0.39 is 0 Å². The van der Waals surface area contributed by atoms with E-state index in [1.807, 2.05) is 12.3 Å². The fraction of sp³-hybridized carbons (Fsp3) is 0.643. The highest BCUT2D eigenvalue weighted by Gasteiger charge is 2.37. The molecule has 1 amide bonds. The Morgan fingerprint density at radius 1 is 1.55 bits per heavy atom. The van der Waals surface area contributed by atoms with Gasteiger partial charge in [0, 0.05) is 24.5 Å². The summed E-state index contributed by atoms with van der Waals surface area (Å²) in [7, 11) is 0. The lowest BCUT2D eigenvalue weighted by Crippen LogP contribution is -2.27. The fourth-order valence-corrected chi connectivity index (χ4v) is 3.07. The average molecular weight is 296 g/mol. The average Bonchev–Trinajstić information content (AvgIpc) is 2.95. The van der Waals surface area contributed by atoms with Crippen molar-refractivity contribution in [2.24, 2.45) is 11.8 Å². The summed E-state index contributed by atoms with van der Waals surface area (Å²) in [6.45, 7) is 6.45. The maximum Gasteiger partial charge on any atom is 0.311 e. The summed E-state index contributed by atoms with van der Waals surface area (Å²) >= 11 is 1.40. The van der Waals surface area contributed by atoms with Crippen molar-refractivity contribution < 1.29 is 14.3 Å². The molecule has 0 radical (unpaired) electrons. The third-order valence-corrected chi connectivity index (χ3v) is 4.02. The van der Waals surface area contributed by atoms with Crippen LogP contribution in [0.3, 0.4) is 0 Å². The van der Waals surface area contributed by atoms with Crippen LogP contribution in [0.2, 0.25) is 0 Å². The van der Waals surface area contributed by atoms with Crippen LogP contribution in [0.15, 0.2) is 11.6 Å². The van der Waals surface area contributed by atoms with E-state index in [9.17, 15) is 9.59 Å². The van der Waals surface area contributed by atoms with Crippen molar-refractivity contribution in [2.45, 2.75) is 39.7 Å². The van der Waals surface area contributed by atoms with Gasteiger partial charge in [-0.2, -0.15) is 0 Å². The van der Waals surface area contributed by atoms with Crippen LogP contribution < -0.4 is 4.90 Å². The third kappa shape index (κ3) is 3.56. The molecule has 2 rings (SSSR count). The van der Waals surface area contributed by atoms with Crippen LogP contribution in [0, 0.1) is 11.8 Å². The molecule has 0 aromatic carbocycles. The van der Waals surface area contributed by atoms with Crippen LogP contribution in [-0.2, 0) is 14.3 Å². The summed E-state index contributed by atoms with van der Waals surface area (Å²) in [6, 6.07) is 0. The van der Waals surface area contributed by atoms with Gasteiger partial charge in [-0.25, -0.2) is 4.98 Å². The van der Waals surface area contributed by atoms with E-state index in [2.05, 4.69) is 18.8 Å². The second-order valence-corrected chi connectivity index (χ2v) is 6.47. The summed E-state index contributed by atoms with van der Waals surface area (Å²) in [6.07, 6.45) is 2.60. The number of carbonyl (C=O) groups excluding carboxylic acids is 2. The van der Waals surface area contributed by atoms with E-state index in [4.69, 9.17) is 4.74 Å². The lowest BCUT2D eigenvalue weighted by atomic mass is 10.1. The summed E-state index contributed by atoms with van der Waals surface area (Å²) in [4.78, 5) is 29.7. The van der Waals surface area contributed by atoms with E-state index in [0.717, 1.165) is 6.42 Å². The first-order chi connectivity index (χ1) is 9.47. The van der Waals surface area contributed by atoms with Gasteiger partial charge in [0.15, 0.2) is 5.13 Å². The van der Waals surface area contributed by atoms with E-state index in [-0.39, 0.29) is 30.3 Å². The fourth-order valence-electron chi connectivity index (χ4n) is 2.41. The van der Waals surface area contributed by atoms with E-state index >= 15 is 0 Å². The molecule has 1 aliphatic heterocycles. The second kappa shape index (κ2) is 6.35. The lowest BCUT2D eigenvalue weighted by molar-refractivity contribution is -0.153.